The van der Waals surface area contributed by atoms with Crippen molar-refractivity contribution in [1.29, 1.82) is 0 Å². The highest BCUT2D eigenvalue weighted by atomic mass is 31.2. The predicted molar refractivity (Wildman–Crippen MR) is 143 cm³/mol. The minimum Gasteiger partial charge on any atom is -0.389 e. The summed E-state index contributed by atoms with van der Waals surface area (Å²) in [5.74, 6) is -0.300. The van der Waals surface area contributed by atoms with E-state index in [0.717, 1.165) is 10.9 Å². The van der Waals surface area contributed by atoms with E-state index in [1.54, 1.807) is 0 Å². The highest BCUT2D eigenvalue weighted by Gasteiger charge is 2.56. The number of nitrogens with zero attached hydrogens (tertiary/aromatic N) is 7. The number of hydrogen-bond donors (Lipinski definition) is 8. The van der Waals surface area contributed by atoms with Gasteiger partial charge in [0.25, 0.3) is 5.56 Å². The molecule has 4 aromatic rings. The summed E-state index contributed by atoms with van der Waals surface area (Å²) in [6, 6.07) is 0. The van der Waals surface area contributed by atoms with Crippen molar-refractivity contribution in [1.82, 2.24) is 39.1 Å². The van der Waals surface area contributed by atoms with Crippen LogP contribution in [0.2, 0.25) is 0 Å². The molecule has 10 N–H and O–H groups in total. The minimum atomic E-state index is -4.99. The van der Waals surface area contributed by atoms with Crippen molar-refractivity contribution in [2.45, 2.75) is 48.5 Å². The van der Waals surface area contributed by atoms with Crippen LogP contribution in [0.15, 0.2) is 23.6 Å². The zero-order valence-electron chi connectivity index (χ0n) is 22.0. The van der Waals surface area contributed by atoms with E-state index in [0.29, 0.717) is 0 Å². The van der Waals surface area contributed by atoms with Crippen LogP contribution in [0.25, 0.3) is 16.8 Å². The molecule has 22 nitrogen and oxygen atoms in total. The Morgan fingerprint density at radius 3 is 2.57 bits per heavy atom. The third kappa shape index (κ3) is 5.25. The Balaban J connectivity index is 1.26. The number of fused-ring (bicyclic) bond motifs is 2. The molecule has 0 bridgehead atoms. The van der Waals surface area contributed by atoms with Gasteiger partial charge in [0.15, 0.2) is 23.0 Å². The number of hydrogen-bond acceptors (Lipinski definition) is 17. The molecule has 2 aliphatic rings. The monoisotopic (exact) mass is 659 g/mol. The van der Waals surface area contributed by atoms with E-state index >= 15 is 0 Å². The number of nitrogens with two attached hydrogens (primary N) is 2. The largest absolute Gasteiger partial charge is 0.694 e. The molecule has 2 unspecified atom stereocenters. The quantitative estimate of drug-likeness (QED) is 0.0834. The summed E-state index contributed by atoms with van der Waals surface area (Å²) in [4.78, 5) is 50.5. The Bertz CT molecular complexity index is 1830. The molecule has 0 saturated carbocycles. The highest BCUT2D eigenvalue weighted by Crippen LogP contribution is 2.57. The number of aliphatic hydroxyl groups excluding tert-OH is 3. The number of anilines is 2. The molecule has 6 heterocycles. The topological polar surface area (TPSA) is 331 Å². The first-order chi connectivity index (χ1) is 20.9. The molecule has 0 spiro atoms. The fourth-order valence-corrected chi connectivity index (χ4v) is 7.10. The van der Waals surface area contributed by atoms with Crippen LogP contribution in [0.3, 0.4) is 0 Å². The maximum Gasteiger partial charge on any atom is 0.694 e. The van der Waals surface area contributed by atoms with Gasteiger partial charge in [-0.2, -0.15) is 14.6 Å². The third-order valence-corrected chi connectivity index (χ3v) is 9.44. The molecule has 0 aromatic carbocycles. The van der Waals surface area contributed by atoms with Crippen molar-refractivity contribution in [3.8, 4) is 0 Å². The molecule has 0 radical (unpaired) electrons. The Kier molecular flexibility index (Phi) is 7.93. The molecule has 2 fully saturated rings. The van der Waals surface area contributed by atoms with E-state index in [4.69, 9.17) is 30.4 Å². The maximum absolute atomic E-state index is 13.7. The van der Waals surface area contributed by atoms with Crippen LogP contribution in [-0.2, 0) is 27.7 Å². The van der Waals surface area contributed by atoms with Crippen LogP contribution in [0.4, 0.5) is 11.9 Å². The summed E-state index contributed by atoms with van der Waals surface area (Å²) < 4.78 is 48.6. The average molecular weight is 659 g/mol. The van der Waals surface area contributed by atoms with Crippen LogP contribution < -0.4 is 17.0 Å². The van der Waals surface area contributed by atoms with Gasteiger partial charge >= 0.3 is 15.9 Å². The summed E-state index contributed by atoms with van der Waals surface area (Å²) in [6.45, 7) is -1.43. The molecule has 0 aliphatic carbocycles. The van der Waals surface area contributed by atoms with Crippen molar-refractivity contribution in [2.75, 3.05) is 24.7 Å². The smallest absolute Gasteiger partial charge is 0.389 e. The van der Waals surface area contributed by atoms with Crippen LogP contribution in [-0.4, -0.2) is 114 Å². The van der Waals surface area contributed by atoms with E-state index in [1.165, 1.54) is 17.0 Å². The number of H-pyrrole nitrogens is 1. The normalized spacial score (nSPS) is 30.7. The van der Waals surface area contributed by atoms with E-state index < -0.39 is 83.1 Å². The molecule has 236 valence electrons. The third-order valence-electron chi connectivity index (χ3n) is 7.24. The minimum absolute atomic E-state index is 0.00463. The number of aliphatic hydroxyl groups is 3. The van der Waals surface area contributed by atoms with Gasteiger partial charge in [0.05, 0.1) is 19.1 Å². The number of imidazole rings is 1. The number of ether oxygens (including phenoxy) is 2. The number of aromatic nitrogens is 8. The molecule has 10 atom stereocenters. The summed E-state index contributed by atoms with van der Waals surface area (Å²) >= 11 is 0. The van der Waals surface area contributed by atoms with E-state index in [1.807, 2.05) is 0 Å². The molecule has 0 amide bonds. The van der Waals surface area contributed by atoms with E-state index in [2.05, 4.69) is 34.5 Å². The number of nitrogen functional groups attached to an aromatic ring is 2. The fraction of sp³-hybridized carbons (Fsp3) is 0.500. The standard InChI is InChI=1S/C20H24N10O12P2/c21-19-27-16-9(17(34)28-19)25-5-29(16)18-14(11(32)7(42-18)2-39-43(35)36)44(37,38)40-3-8-10(31)12(33)13(41-8)6-1-26-30-15(6)23-4-24-20(30)22/h1,4-5,7-8,10-14,18,31-33H,2-3H2,(H6-,21,22,23,24,26,27,28,34,35,36,37,38)/p+1/t7-,8-,10-,11-,12-,13+,14-,18-/m1/s1. The first-order valence-electron chi connectivity index (χ1n) is 12.6. The number of aromatic amines is 1. The zero-order valence-corrected chi connectivity index (χ0v) is 23.8. The van der Waals surface area contributed by atoms with Crippen LogP contribution in [0.1, 0.15) is 17.9 Å². The molecular weight excluding hydrogens is 634 g/mol. The maximum atomic E-state index is 13.7. The van der Waals surface area contributed by atoms with E-state index in [9.17, 15) is 34.1 Å². The second kappa shape index (κ2) is 11.4. The van der Waals surface area contributed by atoms with Gasteiger partial charge in [0.1, 0.15) is 55.2 Å². The second-order valence-electron chi connectivity index (χ2n) is 9.86. The van der Waals surface area contributed by atoms with Crippen LogP contribution in [0, 0.1) is 0 Å². The van der Waals surface area contributed by atoms with Gasteiger partial charge < -0.3 is 45.7 Å². The fourth-order valence-electron chi connectivity index (χ4n) is 5.18. The molecular formula is C20H25N10O12P2+. The predicted octanol–water partition coefficient (Wildman–Crippen LogP) is -2.92. The Morgan fingerprint density at radius 1 is 1.07 bits per heavy atom. The molecule has 2 aliphatic heterocycles. The van der Waals surface area contributed by atoms with Gasteiger partial charge in [-0.15, -0.1) is 9.42 Å². The van der Waals surface area contributed by atoms with Crippen LogP contribution >= 0.6 is 15.9 Å². The van der Waals surface area contributed by atoms with Crippen LogP contribution in [0.5, 0.6) is 0 Å². The molecule has 4 aromatic heterocycles. The van der Waals surface area contributed by atoms with Crippen molar-refractivity contribution in [3.63, 3.8) is 0 Å². The van der Waals surface area contributed by atoms with Gasteiger partial charge in [-0.05, 0) is 0 Å². The lowest BCUT2D eigenvalue weighted by Crippen LogP contribution is -2.36. The number of nitrogens with one attached hydrogen (secondary N) is 1. The molecule has 44 heavy (non-hydrogen) atoms. The summed E-state index contributed by atoms with van der Waals surface area (Å²) in [6.07, 6.45) is -6.99. The second-order valence-corrected chi connectivity index (χ2v) is 12.6. The van der Waals surface area contributed by atoms with Crippen molar-refractivity contribution in [3.05, 3.63) is 34.8 Å². The lowest BCUT2D eigenvalue weighted by molar-refractivity contribution is -0.0388. The van der Waals surface area contributed by atoms with Gasteiger partial charge in [-0.25, -0.2) is 15.0 Å². The highest BCUT2D eigenvalue weighted by molar-refractivity contribution is 7.53. The first-order valence-corrected chi connectivity index (χ1v) is 15.4. The summed E-state index contributed by atoms with van der Waals surface area (Å²) in [7, 11) is -8.11. The Labute approximate surface area is 244 Å². The van der Waals surface area contributed by atoms with E-state index in [-0.39, 0.29) is 34.3 Å². The van der Waals surface area contributed by atoms with Gasteiger partial charge in [0.2, 0.25) is 11.9 Å². The van der Waals surface area contributed by atoms with Crippen molar-refractivity contribution < 1.29 is 52.8 Å². The van der Waals surface area contributed by atoms with Gasteiger partial charge in [0, 0.05) is 10.1 Å². The number of rotatable bonds is 9. The molecule has 6 rings (SSSR count). The SMILES string of the molecule is Nc1nc2c(ncn2[C@@H]2O[C@H](CO[P+](=O)O)[C@@H](O)[C@H]2P(=O)(O)OC[C@H]2O[C@@H](c3cnn4c(N)ncnc34)[C@H](O)[C@@H]2O)c(=O)[nH]1. The van der Waals surface area contributed by atoms with Gasteiger partial charge in [-0.3, -0.25) is 18.9 Å². The van der Waals surface area contributed by atoms with Gasteiger partial charge in [-0.1, -0.05) is 0 Å². The first kappa shape index (κ1) is 30.5. The summed E-state index contributed by atoms with van der Waals surface area (Å²) in [5, 5.41) is 36.5. The Morgan fingerprint density at radius 2 is 1.82 bits per heavy atom. The molecule has 2 saturated heterocycles. The lowest BCUT2D eigenvalue weighted by atomic mass is 10.0. The summed E-state index contributed by atoms with van der Waals surface area (Å²) in [5.41, 5.74) is 8.97. The van der Waals surface area contributed by atoms with Crippen molar-refractivity contribution in [2.24, 2.45) is 0 Å². The molecule has 24 heteroatoms. The lowest BCUT2D eigenvalue weighted by Gasteiger charge is -2.27. The average Bonchev–Trinajstić information content (AvgIpc) is 3.72. The zero-order chi connectivity index (χ0) is 31.5. The van der Waals surface area contributed by atoms with Crippen molar-refractivity contribution >= 4 is 44.6 Å². The Hall–Kier alpha value is -3.53.